The number of esters is 1. The van der Waals surface area contributed by atoms with Gasteiger partial charge in [-0.25, -0.2) is 4.79 Å². The molecule has 0 unspecified atom stereocenters. The Morgan fingerprint density at radius 2 is 2.00 bits per heavy atom. The SMILES string of the molecule is CCOC(=O)C(=O)/C(=C/N(C)C)C1CC1. The lowest BCUT2D eigenvalue weighted by molar-refractivity contribution is -0.151. The van der Waals surface area contributed by atoms with Crippen molar-refractivity contribution in [2.45, 2.75) is 19.8 Å². The number of ketones is 1. The molecular formula is C11H17NO3. The van der Waals surface area contributed by atoms with Gasteiger partial charge in [-0.15, -0.1) is 0 Å². The Morgan fingerprint density at radius 3 is 2.40 bits per heavy atom. The fourth-order valence-corrected chi connectivity index (χ4v) is 1.34. The third-order valence-electron chi connectivity index (χ3n) is 2.14. The highest BCUT2D eigenvalue weighted by molar-refractivity contribution is 6.40. The predicted octanol–water partition coefficient (Wildman–Crippen LogP) is 0.974. The molecule has 1 aliphatic carbocycles. The summed E-state index contributed by atoms with van der Waals surface area (Å²) >= 11 is 0. The molecule has 0 N–H and O–H groups in total. The Hall–Kier alpha value is -1.32. The smallest absolute Gasteiger partial charge is 0.379 e. The average Bonchev–Trinajstić information content (AvgIpc) is 2.96. The fraction of sp³-hybridized carbons (Fsp3) is 0.636. The Morgan fingerprint density at radius 1 is 1.40 bits per heavy atom. The standard InChI is InChI=1S/C11H17NO3/c1-4-15-11(14)10(13)9(7-12(2)3)8-5-6-8/h7-8H,4-6H2,1-3H3/b9-7+. The third kappa shape index (κ3) is 3.38. The summed E-state index contributed by atoms with van der Waals surface area (Å²) in [6.45, 7) is 1.93. The van der Waals surface area contributed by atoms with E-state index in [-0.39, 0.29) is 12.5 Å². The lowest BCUT2D eigenvalue weighted by Crippen LogP contribution is -2.22. The Bertz CT molecular complexity index is 290. The second-order valence-electron chi connectivity index (χ2n) is 3.87. The van der Waals surface area contributed by atoms with Crippen molar-refractivity contribution in [3.63, 3.8) is 0 Å². The van der Waals surface area contributed by atoms with Gasteiger partial charge in [-0.3, -0.25) is 4.79 Å². The maximum Gasteiger partial charge on any atom is 0.379 e. The second kappa shape index (κ2) is 4.96. The van der Waals surface area contributed by atoms with Crippen LogP contribution in [0.3, 0.4) is 0 Å². The van der Waals surface area contributed by atoms with Crippen LogP contribution in [0.25, 0.3) is 0 Å². The van der Waals surface area contributed by atoms with Gasteiger partial charge >= 0.3 is 5.97 Å². The van der Waals surface area contributed by atoms with Gasteiger partial charge in [-0.05, 0) is 25.7 Å². The first-order valence-corrected chi connectivity index (χ1v) is 5.15. The number of hydrogen-bond acceptors (Lipinski definition) is 4. The molecular weight excluding hydrogens is 194 g/mol. The molecule has 4 nitrogen and oxygen atoms in total. The molecule has 0 radical (unpaired) electrons. The van der Waals surface area contributed by atoms with Gasteiger partial charge in [0.25, 0.3) is 5.78 Å². The minimum atomic E-state index is -0.738. The van der Waals surface area contributed by atoms with Crippen LogP contribution < -0.4 is 0 Å². The van der Waals surface area contributed by atoms with E-state index in [0.717, 1.165) is 12.8 Å². The molecule has 15 heavy (non-hydrogen) atoms. The van der Waals surface area contributed by atoms with Gasteiger partial charge in [0.1, 0.15) is 0 Å². The molecule has 0 aromatic carbocycles. The number of rotatable bonds is 5. The molecule has 0 bridgehead atoms. The summed E-state index contributed by atoms with van der Waals surface area (Å²) in [6, 6.07) is 0. The van der Waals surface area contributed by atoms with Crippen LogP contribution in [-0.4, -0.2) is 37.4 Å². The van der Waals surface area contributed by atoms with E-state index in [4.69, 9.17) is 4.74 Å². The summed E-state index contributed by atoms with van der Waals surface area (Å²) in [6.07, 6.45) is 3.70. The zero-order chi connectivity index (χ0) is 11.4. The summed E-state index contributed by atoms with van der Waals surface area (Å²) in [5.74, 6) is -0.977. The van der Waals surface area contributed by atoms with Crippen LogP contribution in [0.2, 0.25) is 0 Å². The molecule has 0 spiro atoms. The zero-order valence-corrected chi connectivity index (χ0v) is 9.45. The van der Waals surface area contributed by atoms with Crippen molar-refractivity contribution in [2.75, 3.05) is 20.7 Å². The Kier molecular flexibility index (Phi) is 3.88. The highest BCUT2D eigenvalue weighted by Gasteiger charge is 2.34. The molecule has 1 aliphatic rings. The molecule has 0 aliphatic heterocycles. The number of nitrogens with zero attached hydrogens (tertiary/aromatic N) is 1. The quantitative estimate of drug-likeness (QED) is 0.386. The van der Waals surface area contributed by atoms with E-state index in [0.29, 0.717) is 5.57 Å². The Balaban J connectivity index is 2.72. The van der Waals surface area contributed by atoms with Crippen molar-refractivity contribution in [2.24, 2.45) is 5.92 Å². The van der Waals surface area contributed by atoms with Gasteiger partial charge in [0.05, 0.1) is 6.61 Å². The number of hydrogen-bond donors (Lipinski definition) is 0. The lowest BCUT2D eigenvalue weighted by atomic mass is 10.1. The van der Waals surface area contributed by atoms with Crippen LogP contribution in [-0.2, 0) is 14.3 Å². The van der Waals surface area contributed by atoms with Crippen LogP contribution in [0.5, 0.6) is 0 Å². The summed E-state index contributed by atoms with van der Waals surface area (Å²) in [5.41, 5.74) is 0.582. The van der Waals surface area contributed by atoms with Gasteiger partial charge in [0, 0.05) is 25.9 Å². The van der Waals surface area contributed by atoms with Crippen LogP contribution >= 0.6 is 0 Å². The highest BCUT2D eigenvalue weighted by Crippen LogP contribution is 2.37. The molecule has 0 saturated heterocycles. The Labute approximate surface area is 89.9 Å². The number of ether oxygens (including phenoxy) is 1. The van der Waals surface area contributed by atoms with Gasteiger partial charge in [-0.1, -0.05) is 0 Å². The number of Topliss-reactive ketones (excluding diaryl/α,β-unsaturated/α-hetero) is 1. The molecule has 0 aromatic rings. The molecule has 1 saturated carbocycles. The van der Waals surface area contributed by atoms with Crippen LogP contribution in [0.4, 0.5) is 0 Å². The van der Waals surface area contributed by atoms with E-state index in [2.05, 4.69) is 0 Å². The fourth-order valence-electron chi connectivity index (χ4n) is 1.34. The first kappa shape index (κ1) is 11.8. The highest BCUT2D eigenvalue weighted by atomic mass is 16.5. The topological polar surface area (TPSA) is 46.6 Å². The predicted molar refractivity (Wildman–Crippen MR) is 56.1 cm³/mol. The van der Waals surface area contributed by atoms with E-state index < -0.39 is 11.8 Å². The van der Waals surface area contributed by atoms with Gasteiger partial charge < -0.3 is 9.64 Å². The summed E-state index contributed by atoms with van der Waals surface area (Å²) in [5, 5.41) is 0. The minimum Gasteiger partial charge on any atom is -0.460 e. The van der Waals surface area contributed by atoms with Crippen LogP contribution in [0.1, 0.15) is 19.8 Å². The molecule has 1 fully saturated rings. The van der Waals surface area contributed by atoms with Crippen molar-refractivity contribution >= 4 is 11.8 Å². The molecule has 0 amide bonds. The van der Waals surface area contributed by atoms with E-state index in [9.17, 15) is 9.59 Å². The van der Waals surface area contributed by atoms with Crippen molar-refractivity contribution in [1.29, 1.82) is 0 Å². The third-order valence-corrected chi connectivity index (χ3v) is 2.14. The van der Waals surface area contributed by atoms with E-state index in [1.54, 1.807) is 18.0 Å². The number of carbonyl (C=O) groups is 2. The number of carbonyl (C=O) groups excluding carboxylic acids is 2. The molecule has 0 atom stereocenters. The molecule has 4 heteroatoms. The van der Waals surface area contributed by atoms with Crippen LogP contribution in [0, 0.1) is 5.92 Å². The lowest BCUT2D eigenvalue weighted by Gasteiger charge is -2.09. The summed E-state index contributed by atoms with van der Waals surface area (Å²) in [4.78, 5) is 24.7. The van der Waals surface area contributed by atoms with Gasteiger partial charge in [0.15, 0.2) is 0 Å². The first-order chi connectivity index (χ1) is 7.06. The van der Waals surface area contributed by atoms with Gasteiger partial charge in [-0.2, -0.15) is 0 Å². The van der Waals surface area contributed by atoms with Crippen molar-refractivity contribution < 1.29 is 14.3 Å². The first-order valence-electron chi connectivity index (χ1n) is 5.15. The average molecular weight is 211 g/mol. The zero-order valence-electron chi connectivity index (χ0n) is 9.45. The second-order valence-corrected chi connectivity index (χ2v) is 3.87. The maximum atomic E-state index is 11.7. The van der Waals surface area contributed by atoms with E-state index in [1.807, 2.05) is 14.1 Å². The van der Waals surface area contributed by atoms with Crippen molar-refractivity contribution in [3.8, 4) is 0 Å². The van der Waals surface area contributed by atoms with Crippen LogP contribution in [0.15, 0.2) is 11.8 Å². The summed E-state index contributed by atoms with van der Waals surface area (Å²) < 4.78 is 4.70. The minimum absolute atomic E-state index is 0.241. The monoisotopic (exact) mass is 211 g/mol. The largest absolute Gasteiger partial charge is 0.460 e. The van der Waals surface area contributed by atoms with Gasteiger partial charge in [0.2, 0.25) is 0 Å². The maximum absolute atomic E-state index is 11.7. The molecule has 0 heterocycles. The van der Waals surface area contributed by atoms with Crippen molar-refractivity contribution in [3.05, 3.63) is 11.8 Å². The van der Waals surface area contributed by atoms with Crippen molar-refractivity contribution in [1.82, 2.24) is 4.90 Å². The summed E-state index contributed by atoms with van der Waals surface area (Å²) in [7, 11) is 3.67. The molecule has 0 aromatic heterocycles. The molecule has 84 valence electrons. The normalized spacial score (nSPS) is 16.1. The molecule has 1 rings (SSSR count). The van der Waals surface area contributed by atoms with E-state index >= 15 is 0 Å². The van der Waals surface area contributed by atoms with E-state index in [1.165, 1.54) is 0 Å².